The molecule has 0 aliphatic carbocycles. The summed E-state index contributed by atoms with van der Waals surface area (Å²) in [6.45, 7) is 11.6. The number of sulfone groups is 1. The number of Topliss-reactive ketones (excluding diaryl/α,β-unsaturated/α-hetero) is 2. The van der Waals surface area contributed by atoms with E-state index in [4.69, 9.17) is 13.9 Å². The van der Waals surface area contributed by atoms with Gasteiger partial charge in [0.1, 0.15) is 72.0 Å². The molecule has 2 aromatic heterocycles. The maximum Gasteiger partial charge on any atom is 0.333 e. The minimum Gasteiger partial charge on any atom is -0.505 e. The number of quaternary nitrogens is 1. The van der Waals surface area contributed by atoms with Crippen molar-refractivity contribution in [3.8, 4) is 5.75 Å². The van der Waals surface area contributed by atoms with Crippen LogP contribution in [-0.4, -0.2) is 274 Å². The van der Waals surface area contributed by atoms with Gasteiger partial charge in [0, 0.05) is 109 Å². The number of aromatic nitrogens is 2. The fraction of sp³-hybridized carbons (Fsp3) is 0.542. The molecule has 4 bridgehead atoms. The van der Waals surface area contributed by atoms with Gasteiger partial charge in [-0.05, 0) is 92.8 Å². The van der Waals surface area contributed by atoms with Crippen molar-refractivity contribution < 1.29 is 94.5 Å². The first-order valence-corrected chi connectivity index (χ1v) is 42.6. The van der Waals surface area contributed by atoms with Crippen molar-refractivity contribution in [1.82, 2.24) is 50.8 Å². The molecule has 6 N–H and O–H groups in total. The predicted octanol–water partition coefficient (Wildman–Crippen LogP) is 3.78. The van der Waals surface area contributed by atoms with Crippen molar-refractivity contribution in [3.63, 3.8) is 0 Å². The monoisotopic (exact) mass is 1640 g/mol. The number of aromatic hydroxyl groups is 1. The molecule has 624 valence electrons. The Kier molecular flexibility index (Phi) is 28.3. The second kappa shape index (κ2) is 37.9. The lowest BCUT2D eigenvalue weighted by Crippen LogP contribution is -2.64. The number of aliphatic hydroxyl groups excluding tert-OH is 1. The van der Waals surface area contributed by atoms with Crippen LogP contribution in [0, 0.1) is 23.7 Å². The van der Waals surface area contributed by atoms with Gasteiger partial charge in [0.2, 0.25) is 41.3 Å². The maximum absolute atomic E-state index is 16.3. The maximum atomic E-state index is 16.3. The fourth-order valence-electron chi connectivity index (χ4n) is 16.9. The summed E-state index contributed by atoms with van der Waals surface area (Å²) in [6, 6.07) is 7.30. The average molecular weight is 1640 g/mol. The van der Waals surface area contributed by atoms with Gasteiger partial charge in [0.05, 0.1) is 55.0 Å². The summed E-state index contributed by atoms with van der Waals surface area (Å²) < 4.78 is 48.8. The average Bonchev–Trinajstić information content (AvgIpc) is 1.27. The van der Waals surface area contributed by atoms with E-state index < -0.39 is 170 Å². The number of anilines is 1. The molecular weight excluding hydrogens is 1530 g/mol. The number of esters is 2. The normalized spacial score (nSPS) is 30.4. The third-order valence-corrected chi connectivity index (χ3v) is 27.3. The van der Waals surface area contributed by atoms with Crippen LogP contribution in [-0.2, 0) is 80.1 Å². The highest BCUT2D eigenvalue weighted by Gasteiger charge is 2.54. The van der Waals surface area contributed by atoms with Gasteiger partial charge in [-0.1, -0.05) is 100 Å². The van der Waals surface area contributed by atoms with Crippen molar-refractivity contribution in [3.05, 3.63) is 144 Å². The molecule has 12 rings (SSSR count). The third kappa shape index (κ3) is 20.4. The highest BCUT2D eigenvalue weighted by Crippen LogP contribution is 2.42. The molecule has 10 heterocycles. The van der Waals surface area contributed by atoms with E-state index in [0.29, 0.717) is 54.5 Å². The van der Waals surface area contributed by atoms with Crippen LogP contribution in [0.1, 0.15) is 137 Å². The molecule has 0 radical (unpaired) electrons. The number of thioether (sulfide) groups is 1. The SMILES string of the molecule is CC[C@H]1NC(=O)[C@@H](NC(=O)c2ncccc2O)[C@@H](C)OC(=O)[C@H](c2ccccc2)NC(=O)[C@@H]2CC(=O)[C@H](CS[C@@H]3C[N+]4(CCS(=O)(=O)[C@@H]5CCN6C(=O)c7coc(n7)CC(=O)C[C@H](O)/C=C(C)\C=C/CNC(=O)/C=C\[C@@H](C)[C@@H](C(C)C)OC(=O)[C@@H]56)CCC3CC4)CN2C(=O)[C@H](Cc2ccc(N(C)C)cc2)N(C)C(=O)[C@@H]2CCCN2C1=O. The minimum absolute atomic E-state index is 0.00967. The van der Waals surface area contributed by atoms with Crippen LogP contribution in [0.15, 0.2) is 120 Å². The number of carbonyl (C=O) groups is 12. The topological polar surface area (TPSA) is 401 Å². The first kappa shape index (κ1) is 86.7. The van der Waals surface area contributed by atoms with E-state index in [1.54, 1.807) is 57.2 Å². The first-order chi connectivity index (χ1) is 55.2. The molecule has 14 atom stereocenters. The number of allylic oxidation sites excluding steroid dienone is 2. The van der Waals surface area contributed by atoms with E-state index in [0.717, 1.165) is 16.9 Å². The first-order valence-electron chi connectivity index (χ1n) is 39.9. The number of ketones is 2. The van der Waals surface area contributed by atoms with Gasteiger partial charge in [0.25, 0.3) is 11.8 Å². The number of pyridine rings is 1. The molecule has 8 aliphatic heterocycles. The molecule has 2 aromatic carbocycles. The van der Waals surface area contributed by atoms with Crippen molar-refractivity contribution in [2.24, 2.45) is 23.7 Å². The van der Waals surface area contributed by atoms with Crippen LogP contribution in [0.5, 0.6) is 5.75 Å². The molecule has 116 heavy (non-hydrogen) atoms. The van der Waals surface area contributed by atoms with Crippen LogP contribution < -0.4 is 26.2 Å². The Balaban J connectivity index is 0.866. The molecule has 7 saturated heterocycles. The van der Waals surface area contributed by atoms with Crippen molar-refractivity contribution >= 4 is 98.0 Å². The lowest BCUT2D eigenvalue weighted by atomic mass is 9.85. The standard InChI is InChI=1S/C83H106N12O19S2/c1-10-59-78(104)92-33-16-20-61(92)80(106)91(9)63(40-52-23-25-56(26-24-52)90(7)8)81(107)94-44-55(65(99)43-62(94)75(101)89-71(54-18-12-11-13-19-54)82(108)113-51(6)70(76(102)87-59)88-77(103)72-64(98)21-15-32-85-72)47-115-66-45-95(35-29-53(66)30-36-95)37-38-116(110,111)67-28-34-93-73(67)83(109)114-74(48(2)3)50(5)22-27-68(100)84-31-14-17-49(4)39-57(96)41-58(97)42-69-86-60(46-112-69)79(93)105/h11-15,17-19,21-27,32,39,46,48,50-51,53,55,57,59,61-63,66-67,70-71,73-74,96H,10,16,20,28-31,33-38,40-45,47H2,1-9H3,(H4-,84,87,88,89,98,100,101,102,103)/p+1/b17-14-,27-22-,49-39-/t50-,51-,53?,55+,57-,59-,61+,62+,63+,66-,67-,70+,71+,73-,74-,95?/m1/s1. The number of benzene rings is 2. The number of amides is 8. The van der Waals surface area contributed by atoms with Crippen LogP contribution in [0.3, 0.4) is 0 Å². The summed E-state index contributed by atoms with van der Waals surface area (Å²) in [5, 5.41) is 30.6. The number of fused-ring (bicyclic) bond motifs is 8. The Morgan fingerprint density at radius 2 is 1.56 bits per heavy atom. The Labute approximate surface area is 679 Å². The molecule has 0 saturated carbocycles. The molecule has 0 spiro atoms. The van der Waals surface area contributed by atoms with Crippen LogP contribution >= 0.6 is 11.8 Å². The predicted molar refractivity (Wildman–Crippen MR) is 427 cm³/mol. The largest absolute Gasteiger partial charge is 0.505 e. The number of likely N-dealkylation sites (N-methyl/N-ethyl adjacent to an activating group) is 1. The quantitative estimate of drug-likeness (QED) is 0.0728. The molecule has 0 unspecified atom stereocenters. The number of rotatable bonds is 15. The molecule has 7 fully saturated rings. The number of nitrogens with one attached hydrogen (secondary N) is 4. The van der Waals surface area contributed by atoms with Gasteiger partial charge in [-0.15, -0.1) is 0 Å². The number of piperidine rings is 4. The summed E-state index contributed by atoms with van der Waals surface area (Å²) in [5.74, 6) is -11.8. The number of hydrogen-bond donors (Lipinski definition) is 6. The number of carbonyl (C=O) groups excluding carboxylic acids is 12. The zero-order chi connectivity index (χ0) is 83.6. The van der Waals surface area contributed by atoms with Gasteiger partial charge in [-0.2, -0.15) is 11.8 Å². The van der Waals surface area contributed by atoms with E-state index in [9.17, 15) is 48.6 Å². The summed E-state index contributed by atoms with van der Waals surface area (Å²) in [6.07, 6.45) is 6.83. The van der Waals surface area contributed by atoms with Gasteiger partial charge in [-0.25, -0.2) is 28.0 Å². The van der Waals surface area contributed by atoms with Crippen molar-refractivity contribution in [2.45, 2.75) is 177 Å². The van der Waals surface area contributed by atoms with Crippen molar-refractivity contribution in [2.75, 3.05) is 89.9 Å². The third-order valence-electron chi connectivity index (χ3n) is 23.5. The molecule has 33 heteroatoms. The minimum atomic E-state index is -4.28. The number of hydrogen-bond acceptors (Lipinski definition) is 23. The van der Waals surface area contributed by atoms with Gasteiger partial charge in [-0.3, -0.25) is 47.9 Å². The number of ether oxygens (including phenoxy) is 2. The van der Waals surface area contributed by atoms with E-state index in [-0.39, 0.29) is 123 Å². The summed E-state index contributed by atoms with van der Waals surface area (Å²) in [7, 11) is 0.904. The highest BCUT2D eigenvalue weighted by molar-refractivity contribution is 8.00. The number of nitrogens with zero attached hydrogens (tertiary/aromatic N) is 8. The molecule has 8 amide bonds. The zero-order valence-electron chi connectivity index (χ0n) is 67.0. The van der Waals surface area contributed by atoms with Gasteiger partial charge in [0.15, 0.2) is 27.3 Å². The summed E-state index contributed by atoms with van der Waals surface area (Å²) in [4.78, 5) is 192. The molecule has 31 nitrogen and oxygen atoms in total. The highest BCUT2D eigenvalue weighted by atomic mass is 32.2. The van der Waals surface area contributed by atoms with E-state index in [1.807, 2.05) is 57.1 Å². The van der Waals surface area contributed by atoms with Crippen LogP contribution in [0.25, 0.3) is 0 Å². The second-order valence-electron chi connectivity index (χ2n) is 32.2. The molecule has 4 aromatic rings. The van der Waals surface area contributed by atoms with Crippen LogP contribution in [0.2, 0.25) is 0 Å². The second-order valence-corrected chi connectivity index (χ2v) is 35.8. The van der Waals surface area contributed by atoms with E-state index in [1.165, 1.54) is 83.0 Å². The fourth-order valence-corrected chi connectivity index (χ4v) is 20.7. The Morgan fingerprint density at radius 1 is 0.828 bits per heavy atom. The van der Waals surface area contributed by atoms with Crippen LogP contribution in [0.4, 0.5) is 5.69 Å². The number of aliphatic hydroxyl groups is 1. The lowest BCUT2D eigenvalue weighted by Gasteiger charge is -2.53. The smallest absolute Gasteiger partial charge is 0.333 e. The van der Waals surface area contributed by atoms with Gasteiger partial charge < -0.3 is 74.4 Å². The summed E-state index contributed by atoms with van der Waals surface area (Å²) >= 11 is 1.52. The molecular formula is C83H107N12O19S2+. The Morgan fingerprint density at radius 3 is 2.26 bits per heavy atom. The molecule has 8 aliphatic rings. The Hall–Kier alpha value is -10.1. The lowest BCUT2D eigenvalue weighted by molar-refractivity contribution is -0.939. The number of oxazole rings is 1. The van der Waals surface area contributed by atoms with Gasteiger partial charge >= 0.3 is 11.9 Å². The van der Waals surface area contributed by atoms with E-state index in [2.05, 4.69) is 31.2 Å². The van der Waals surface area contributed by atoms with Crippen molar-refractivity contribution in [1.29, 1.82) is 0 Å². The van der Waals surface area contributed by atoms with E-state index >= 15 is 27.6 Å². The number of cyclic esters (lactones) is 2. The Bertz CT molecular complexity index is 4540. The summed E-state index contributed by atoms with van der Waals surface area (Å²) in [5.41, 5.74) is 1.53. The zero-order valence-corrected chi connectivity index (χ0v) is 68.6.